The molecule has 8 nitrogen and oxygen atoms in total. The summed E-state index contributed by atoms with van der Waals surface area (Å²) in [5, 5.41) is -1.09. The SMILES string of the molecule is CC(=O)OC[C@@]1(C)[C@H](C(=O)OC(C)Cl)N2C(=O)C[C@H]2S1(=O)=O. The van der Waals surface area contributed by atoms with Crippen LogP contribution in [0.5, 0.6) is 0 Å². The van der Waals surface area contributed by atoms with E-state index in [1.807, 2.05) is 0 Å². The van der Waals surface area contributed by atoms with Gasteiger partial charge in [0.1, 0.15) is 16.7 Å². The molecule has 2 aliphatic heterocycles. The predicted molar refractivity (Wildman–Crippen MR) is 74.4 cm³/mol. The molecule has 22 heavy (non-hydrogen) atoms. The molecule has 1 amide bonds. The molecule has 1 unspecified atom stereocenters. The number of nitrogens with zero attached hydrogens (tertiary/aromatic N) is 1. The minimum Gasteiger partial charge on any atom is -0.464 e. The second-order valence-electron chi connectivity index (χ2n) is 5.48. The first-order valence-electron chi connectivity index (χ1n) is 6.55. The fourth-order valence-corrected chi connectivity index (χ4v) is 5.08. The quantitative estimate of drug-likeness (QED) is 0.391. The number of hydrogen-bond acceptors (Lipinski definition) is 7. The van der Waals surface area contributed by atoms with Gasteiger partial charge in [0.15, 0.2) is 21.4 Å². The molecule has 2 saturated heterocycles. The van der Waals surface area contributed by atoms with E-state index >= 15 is 0 Å². The minimum atomic E-state index is -3.90. The van der Waals surface area contributed by atoms with E-state index in [0.29, 0.717) is 0 Å². The molecule has 124 valence electrons. The van der Waals surface area contributed by atoms with Crippen molar-refractivity contribution in [1.29, 1.82) is 0 Å². The average molecular weight is 354 g/mol. The molecule has 0 aromatic carbocycles. The van der Waals surface area contributed by atoms with Crippen LogP contribution in [0.25, 0.3) is 0 Å². The zero-order valence-corrected chi connectivity index (χ0v) is 13.8. The second kappa shape index (κ2) is 5.38. The lowest BCUT2D eigenvalue weighted by molar-refractivity contribution is -0.163. The maximum atomic E-state index is 12.6. The zero-order chi connectivity index (χ0) is 16.9. The van der Waals surface area contributed by atoms with Gasteiger partial charge in [-0.1, -0.05) is 11.6 Å². The van der Waals surface area contributed by atoms with Crippen LogP contribution in [0.15, 0.2) is 0 Å². The van der Waals surface area contributed by atoms with Crippen molar-refractivity contribution in [3.63, 3.8) is 0 Å². The number of rotatable bonds is 4. The summed E-state index contributed by atoms with van der Waals surface area (Å²) in [7, 11) is -3.90. The van der Waals surface area contributed by atoms with Crippen LogP contribution in [0.4, 0.5) is 0 Å². The Hall–Kier alpha value is -1.35. The highest BCUT2D eigenvalue weighted by Crippen LogP contribution is 2.46. The Labute approximate surface area is 132 Å². The first-order chi connectivity index (χ1) is 10.0. The van der Waals surface area contributed by atoms with Gasteiger partial charge >= 0.3 is 11.9 Å². The number of sulfone groups is 1. The summed E-state index contributed by atoms with van der Waals surface area (Å²) in [6.07, 6.45) is -0.196. The van der Waals surface area contributed by atoms with Crippen LogP contribution in [0.1, 0.15) is 27.2 Å². The molecule has 2 heterocycles. The summed E-state index contributed by atoms with van der Waals surface area (Å²) in [4.78, 5) is 36.0. The number of alkyl halides is 1. The van der Waals surface area contributed by atoms with Gasteiger partial charge in [0.05, 0.1) is 6.42 Å². The van der Waals surface area contributed by atoms with E-state index in [0.717, 1.165) is 11.8 Å². The number of hydrogen-bond donors (Lipinski definition) is 0. The van der Waals surface area contributed by atoms with Gasteiger partial charge in [-0.25, -0.2) is 13.2 Å². The van der Waals surface area contributed by atoms with E-state index < -0.39 is 56.0 Å². The van der Waals surface area contributed by atoms with Crippen LogP contribution < -0.4 is 0 Å². The lowest BCUT2D eigenvalue weighted by atomic mass is 9.97. The second-order valence-corrected chi connectivity index (χ2v) is 8.66. The van der Waals surface area contributed by atoms with E-state index in [-0.39, 0.29) is 6.42 Å². The Morgan fingerprint density at radius 2 is 2.09 bits per heavy atom. The first kappa shape index (κ1) is 17.0. The monoisotopic (exact) mass is 353 g/mol. The van der Waals surface area contributed by atoms with Gasteiger partial charge in [-0.2, -0.15) is 0 Å². The molecular formula is C12H16ClNO7S. The van der Waals surface area contributed by atoms with Crippen molar-refractivity contribution in [2.45, 2.75) is 48.9 Å². The Kier molecular flexibility index (Phi) is 4.16. The van der Waals surface area contributed by atoms with Crippen molar-refractivity contribution in [3.8, 4) is 0 Å². The van der Waals surface area contributed by atoms with E-state index in [4.69, 9.17) is 21.1 Å². The molecule has 0 saturated carbocycles. The summed E-state index contributed by atoms with van der Waals surface area (Å²) in [5.41, 5.74) is -0.983. The Morgan fingerprint density at radius 1 is 1.50 bits per heavy atom. The van der Waals surface area contributed by atoms with Crippen molar-refractivity contribution in [2.75, 3.05) is 6.61 Å². The normalized spacial score (nSPS) is 33.6. The largest absolute Gasteiger partial charge is 0.464 e. The Balaban J connectivity index is 2.42. The van der Waals surface area contributed by atoms with Gasteiger partial charge in [-0.3, -0.25) is 9.59 Å². The smallest absolute Gasteiger partial charge is 0.332 e. The van der Waals surface area contributed by atoms with Crippen molar-refractivity contribution in [3.05, 3.63) is 0 Å². The molecule has 0 aromatic heterocycles. The highest BCUT2D eigenvalue weighted by atomic mass is 35.5. The molecule has 0 aromatic rings. The van der Waals surface area contributed by atoms with Gasteiger partial charge in [-0.15, -0.1) is 0 Å². The van der Waals surface area contributed by atoms with Crippen molar-refractivity contribution < 1.29 is 32.3 Å². The Bertz CT molecular complexity index is 631. The maximum Gasteiger partial charge on any atom is 0.332 e. The highest BCUT2D eigenvalue weighted by Gasteiger charge is 2.70. The molecule has 0 bridgehead atoms. The number of halogens is 1. The molecule has 2 rings (SSSR count). The molecule has 0 N–H and O–H groups in total. The minimum absolute atomic E-state index is 0.196. The molecular weight excluding hydrogens is 338 g/mol. The molecule has 0 aliphatic carbocycles. The number of fused-ring (bicyclic) bond motifs is 1. The summed E-state index contributed by atoms with van der Waals surface area (Å²) in [5.74, 6) is -2.09. The molecule has 2 aliphatic rings. The van der Waals surface area contributed by atoms with Crippen LogP contribution in [0.2, 0.25) is 0 Å². The topological polar surface area (TPSA) is 107 Å². The van der Waals surface area contributed by atoms with Crippen molar-refractivity contribution in [1.82, 2.24) is 4.90 Å². The maximum absolute atomic E-state index is 12.6. The highest BCUT2D eigenvalue weighted by molar-refractivity contribution is 7.94. The van der Waals surface area contributed by atoms with Crippen molar-refractivity contribution >= 4 is 39.3 Å². The molecule has 0 radical (unpaired) electrons. The molecule has 10 heteroatoms. The van der Waals surface area contributed by atoms with Gasteiger partial charge in [-0.05, 0) is 13.8 Å². The third kappa shape index (κ3) is 2.36. The summed E-state index contributed by atoms with van der Waals surface area (Å²) >= 11 is 5.60. The van der Waals surface area contributed by atoms with Crippen LogP contribution in [0.3, 0.4) is 0 Å². The van der Waals surface area contributed by atoms with Crippen LogP contribution in [0, 0.1) is 0 Å². The number of ether oxygens (including phenoxy) is 2. The zero-order valence-electron chi connectivity index (χ0n) is 12.2. The van der Waals surface area contributed by atoms with Crippen LogP contribution in [-0.4, -0.2) is 59.5 Å². The number of amides is 1. The summed E-state index contributed by atoms with van der Waals surface area (Å²) in [6, 6.07) is -1.38. The molecule has 0 spiro atoms. The summed E-state index contributed by atoms with van der Waals surface area (Å²) < 4.78 is 33.1. The van der Waals surface area contributed by atoms with E-state index in [1.165, 1.54) is 13.8 Å². The Morgan fingerprint density at radius 3 is 2.55 bits per heavy atom. The third-order valence-electron chi connectivity index (χ3n) is 3.88. The molecule has 2 fully saturated rings. The van der Waals surface area contributed by atoms with Crippen molar-refractivity contribution in [2.24, 2.45) is 0 Å². The molecule has 4 atom stereocenters. The van der Waals surface area contributed by atoms with Gasteiger partial charge in [0.2, 0.25) is 5.91 Å². The summed E-state index contributed by atoms with van der Waals surface area (Å²) in [6.45, 7) is 3.24. The number of carbonyl (C=O) groups is 3. The lowest BCUT2D eigenvalue weighted by Gasteiger charge is -2.36. The fraction of sp³-hybridized carbons (Fsp3) is 0.750. The van der Waals surface area contributed by atoms with E-state index in [9.17, 15) is 22.8 Å². The predicted octanol–water partition coefficient (Wildman–Crippen LogP) is -0.208. The first-order valence-corrected chi connectivity index (χ1v) is 8.53. The third-order valence-corrected chi connectivity index (χ3v) is 6.72. The van der Waals surface area contributed by atoms with Gasteiger partial charge in [0, 0.05) is 6.92 Å². The fourth-order valence-electron chi connectivity index (χ4n) is 2.72. The standard InChI is InChI=1S/C12H16ClNO7S/c1-6(13)21-11(17)10-12(3,5-20-7(2)15)22(18,19)9-4-8(16)14(9)10/h6,9-10H,4-5H2,1-3H3/t6?,9-,10+,12+/m1/s1. The number of carbonyl (C=O) groups excluding carboxylic acids is 3. The van der Waals surface area contributed by atoms with Gasteiger partial charge < -0.3 is 14.4 Å². The number of esters is 2. The van der Waals surface area contributed by atoms with E-state index in [2.05, 4.69) is 0 Å². The van der Waals surface area contributed by atoms with Crippen LogP contribution in [-0.2, 0) is 33.7 Å². The number of β-lactam (4-membered cyclic amide) rings is 1. The lowest BCUT2D eigenvalue weighted by Crippen LogP contribution is -2.58. The van der Waals surface area contributed by atoms with Gasteiger partial charge in [0.25, 0.3) is 0 Å². The van der Waals surface area contributed by atoms with Crippen LogP contribution >= 0.6 is 11.6 Å². The van der Waals surface area contributed by atoms with E-state index in [1.54, 1.807) is 0 Å². The average Bonchev–Trinajstić information content (AvgIpc) is 2.50.